The van der Waals surface area contributed by atoms with Crippen molar-refractivity contribution in [2.24, 2.45) is 22.9 Å². The summed E-state index contributed by atoms with van der Waals surface area (Å²) >= 11 is 0. The van der Waals surface area contributed by atoms with Gasteiger partial charge in [-0.25, -0.2) is 19.2 Å². The Morgan fingerprint density at radius 1 is 0.434 bits per heavy atom. The molecule has 0 saturated heterocycles. The van der Waals surface area contributed by atoms with E-state index in [-0.39, 0.29) is 54.9 Å². The molecule has 0 bridgehead atoms. The molecule has 0 radical (unpaired) electrons. The molecule has 0 aliphatic heterocycles. The van der Waals surface area contributed by atoms with Gasteiger partial charge < -0.3 is 77.4 Å². The first-order chi connectivity index (χ1) is 40.3. The van der Waals surface area contributed by atoms with Crippen LogP contribution in [0.3, 0.4) is 0 Å². The minimum Gasteiger partial charge on any atom is -0.493 e. The first-order valence-electron chi connectivity index (χ1n) is 28.8. The molecule has 83 heavy (non-hydrogen) atoms. The van der Waals surface area contributed by atoms with Crippen LogP contribution in [0.5, 0.6) is 34.5 Å². The molecular weight excluding hydrogens is 1060 g/mol. The Morgan fingerprint density at radius 2 is 0.855 bits per heavy atom. The standard InChI is InChI=1S/C19H28N2O5.3C15H20N2O2/c1-23-16-10-13(11-17(24-2)18(16)25-3)12-26-19(22)21-15-9-7-5-4-6-8-14(15)20;3*16-13-10-6-1-2-7-11-14(13)17-15(18)19-12-8-4-3-5-9-12/h4-5,10-11,14-15H,6-9,12,20H2,1-3H3,(H,21,22);3-5,7-9,11,13-14H,1-2,6,10,16H2,(H,17,18);3-6,8-10,13-14H,1-2,7,11,16H2,(H,17,18);1-5,8-9,13-14H,6-7,10-11,16H2,(H,17,18)/b5-4+;11-7+;10-6+;2-1+/t14-,15?;;;13-,14?/m0..0/s1. The molecular formula is C64H88N8O11. The van der Waals surface area contributed by atoms with E-state index in [0.29, 0.717) is 34.5 Å². The summed E-state index contributed by atoms with van der Waals surface area (Å²) in [5, 5.41) is 11.4. The minimum atomic E-state index is -0.483. The van der Waals surface area contributed by atoms with Crippen LogP contribution in [-0.2, 0) is 11.3 Å². The molecule has 0 spiro atoms. The van der Waals surface area contributed by atoms with Crippen LogP contribution in [-0.4, -0.2) is 94.0 Å². The second-order valence-electron chi connectivity index (χ2n) is 20.4. The highest BCUT2D eigenvalue weighted by atomic mass is 16.6. The van der Waals surface area contributed by atoms with Gasteiger partial charge in [-0.15, -0.1) is 0 Å². The van der Waals surface area contributed by atoms with Crippen LogP contribution in [0.2, 0.25) is 0 Å². The Labute approximate surface area is 489 Å². The van der Waals surface area contributed by atoms with Crippen molar-refractivity contribution in [2.45, 2.75) is 158 Å². The molecule has 4 aliphatic rings. The molecule has 19 nitrogen and oxygen atoms in total. The summed E-state index contributed by atoms with van der Waals surface area (Å²) in [6.07, 6.45) is 30.3. The molecule has 8 atom stereocenters. The lowest BCUT2D eigenvalue weighted by Crippen LogP contribution is -2.48. The lowest BCUT2D eigenvalue weighted by atomic mass is 9.96. The number of nitrogens with one attached hydrogen (secondary N) is 4. The lowest BCUT2D eigenvalue weighted by Gasteiger charge is -2.25. The fourth-order valence-electron chi connectivity index (χ4n) is 9.40. The van der Waals surface area contributed by atoms with Crippen LogP contribution in [0.1, 0.15) is 108 Å². The zero-order chi connectivity index (χ0) is 59.4. The average molecular weight is 1150 g/mol. The van der Waals surface area contributed by atoms with Gasteiger partial charge in [0.2, 0.25) is 5.75 Å². The fraction of sp³-hybridized carbons (Fsp3) is 0.438. The van der Waals surface area contributed by atoms with Gasteiger partial charge in [-0.3, -0.25) is 0 Å². The number of hydrogen-bond acceptors (Lipinski definition) is 15. The van der Waals surface area contributed by atoms with Crippen LogP contribution < -0.4 is 72.6 Å². The maximum absolute atomic E-state index is 12.2. The van der Waals surface area contributed by atoms with Gasteiger partial charge in [0, 0.05) is 36.3 Å². The number of alkyl carbamates (subject to hydrolysis) is 1. The van der Waals surface area contributed by atoms with E-state index in [4.69, 9.17) is 56.1 Å². The lowest BCUT2D eigenvalue weighted by molar-refractivity contribution is 0.132. The van der Waals surface area contributed by atoms with Gasteiger partial charge in [0.1, 0.15) is 23.9 Å². The molecule has 0 fully saturated rings. The number of rotatable bonds is 12. The van der Waals surface area contributed by atoms with Gasteiger partial charge in [0.15, 0.2) is 11.5 Å². The van der Waals surface area contributed by atoms with Crippen molar-refractivity contribution in [3.8, 4) is 34.5 Å². The Balaban J connectivity index is 0.000000205. The molecule has 12 N–H and O–H groups in total. The summed E-state index contributed by atoms with van der Waals surface area (Å²) < 4.78 is 36.9. The van der Waals surface area contributed by atoms with Crippen molar-refractivity contribution in [1.82, 2.24) is 21.3 Å². The molecule has 19 heteroatoms. The number of benzene rings is 4. The Morgan fingerprint density at radius 3 is 1.33 bits per heavy atom. The van der Waals surface area contributed by atoms with Crippen LogP contribution in [0.15, 0.2) is 152 Å². The topological polar surface area (TPSA) is 285 Å². The SMILES string of the molecule is COc1cc(COC(=O)NC2CC/C=C/CC[C@@H]2N)cc(OC)c1OC.NC1/C=C/CCCCC1NC(=O)Oc1ccccc1.NC1CCCC/C=C/C1NC(=O)Oc1ccccc1.N[C@H]1CC/C=C/CCC1NC(=O)Oc1ccccc1. The number of methoxy groups -OCH3 is 3. The number of nitrogens with two attached hydrogens (primary N) is 4. The molecule has 4 aliphatic carbocycles. The van der Waals surface area contributed by atoms with Crippen molar-refractivity contribution in [2.75, 3.05) is 21.3 Å². The van der Waals surface area contributed by atoms with E-state index in [1.54, 1.807) is 62.8 Å². The Kier molecular flexibility index (Phi) is 30.2. The van der Waals surface area contributed by atoms with Crippen LogP contribution in [0.25, 0.3) is 0 Å². The Bertz CT molecular complexity index is 2620. The van der Waals surface area contributed by atoms with Crippen molar-refractivity contribution in [1.29, 1.82) is 0 Å². The molecule has 4 aromatic carbocycles. The summed E-state index contributed by atoms with van der Waals surface area (Å²) in [7, 11) is 4.62. The molecule has 8 rings (SSSR count). The molecule has 0 saturated carbocycles. The average Bonchev–Trinajstić information content (AvgIpc) is 3.48. The van der Waals surface area contributed by atoms with Gasteiger partial charge >= 0.3 is 24.4 Å². The number of ether oxygens (including phenoxy) is 7. The van der Waals surface area contributed by atoms with Crippen LogP contribution >= 0.6 is 0 Å². The number of carbonyl (C=O) groups is 4. The van der Waals surface area contributed by atoms with Gasteiger partial charge in [-0.2, -0.15) is 0 Å². The van der Waals surface area contributed by atoms with E-state index >= 15 is 0 Å². The molecule has 4 amide bonds. The smallest absolute Gasteiger partial charge is 0.413 e. The van der Waals surface area contributed by atoms with E-state index < -0.39 is 24.4 Å². The van der Waals surface area contributed by atoms with Crippen molar-refractivity contribution < 1.29 is 52.3 Å². The molecule has 4 aromatic rings. The minimum absolute atomic E-state index is 0.0201. The number of allylic oxidation sites excluding steroid dienone is 6. The third-order valence-corrected chi connectivity index (χ3v) is 14.1. The summed E-state index contributed by atoms with van der Waals surface area (Å²) in [5.74, 6) is 3.13. The van der Waals surface area contributed by atoms with Gasteiger partial charge in [0.05, 0.1) is 33.4 Å². The monoisotopic (exact) mass is 1140 g/mol. The summed E-state index contributed by atoms with van der Waals surface area (Å²) in [6, 6.07) is 29.9. The van der Waals surface area contributed by atoms with Crippen molar-refractivity contribution in [3.63, 3.8) is 0 Å². The quantitative estimate of drug-likeness (QED) is 0.0612. The van der Waals surface area contributed by atoms with Gasteiger partial charge in [-0.1, -0.05) is 116 Å². The highest BCUT2D eigenvalue weighted by Gasteiger charge is 2.24. The summed E-state index contributed by atoms with van der Waals surface area (Å²) in [6.45, 7) is 0.0877. The van der Waals surface area contributed by atoms with Crippen molar-refractivity contribution in [3.05, 3.63) is 157 Å². The van der Waals surface area contributed by atoms with Crippen LogP contribution in [0, 0.1) is 0 Å². The number of amides is 4. The number of para-hydroxylation sites is 3. The summed E-state index contributed by atoms with van der Waals surface area (Å²) in [4.78, 5) is 47.6. The third kappa shape index (κ3) is 25.5. The fourth-order valence-corrected chi connectivity index (χ4v) is 9.40. The van der Waals surface area contributed by atoms with Crippen molar-refractivity contribution >= 4 is 24.4 Å². The van der Waals surface area contributed by atoms with E-state index in [0.717, 1.165) is 108 Å². The molecule has 6 unspecified atom stereocenters. The molecule has 0 aromatic heterocycles. The van der Waals surface area contributed by atoms with E-state index in [9.17, 15) is 19.2 Å². The normalized spacial score (nSPS) is 23.7. The largest absolute Gasteiger partial charge is 0.493 e. The zero-order valence-corrected chi connectivity index (χ0v) is 48.4. The molecule has 450 valence electrons. The maximum Gasteiger partial charge on any atom is 0.413 e. The van der Waals surface area contributed by atoms with E-state index in [2.05, 4.69) is 57.7 Å². The first kappa shape index (κ1) is 66.0. The zero-order valence-electron chi connectivity index (χ0n) is 48.4. The predicted octanol–water partition coefficient (Wildman–Crippen LogP) is 10.6. The van der Waals surface area contributed by atoms with E-state index in [1.807, 2.05) is 66.7 Å². The highest BCUT2D eigenvalue weighted by molar-refractivity contribution is 5.72. The number of hydrogen-bond donors (Lipinski definition) is 8. The van der Waals surface area contributed by atoms with E-state index in [1.165, 1.54) is 7.11 Å². The predicted molar refractivity (Wildman–Crippen MR) is 324 cm³/mol. The summed E-state index contributed by atoms with van der Waals surface area (Å²) in [5.41, 5.74) is 25.1. The first-order valence-corrected chi connectivity index (χ1v) is 28.8. The third-order valence-electron chi connectivity index (χ3n) is 14.1. The second kappa shape index (κ2) is 38.0. The maximum atomic E-state index is 12.2. The number of carbonyl (C=O) groups excluding carboxylic acids is 4. The second-order valence-corrected chi connectivity index (χ2v) is 20.4. The molecule has 0 heterocycles. The highest BCUT2D eigenvalue weighted by Crippen LogP contribution is 2.38. The van der Waals surface area contributed by atoms with Gasteiger partial charge in [-0.05, 0) is 144 Å². The van der Waals surface area contributed by atoms with Gasteiger partial charge in [0.25, 0.3) is 0 Å². The van der Waals surface area contributed by atoms with Crippen LogP contribution in [0.4, 0.5) is 19.2 Å². The Hall–Kier alpha value is -7.84.